The number of amides is 1. The molecule has 0 aliphatic carbocycles. The maximum absolute atomic E-state index is 13.3. The van der Waals surface area contributed by atoms with Gasteiger partial charge in [-0.3, -0.25) is 4.79 Å². The Bertz CT molecular complexity index is 767. The predicted octanol–water partition coefficient (Wildman–Crippen LogP) is 3.55. The lowest BCUT2D eigenvalue weighted by molar-refractivity contribution is -0.125. The summed E-state index contributed by atoms with van der Waals surface area (Å²) < 4.78 is 10.6. The zero-order chi connectivity index (χ0) is 18.4. The summed E-state index contributed by atoms with van der Waals surface area (Å²) >= 11 is 0. The van der Waals surface area contributed by atoms with E-state index in [0.717, 1.165) is 5.56 Å². The molecule has 1 fully saturated rings. The van der Waals surface area contributed by atoms with E-state index in [1.807, 2.05) is 30.3 Å². The van der Waals surface area contributed by atoms with E-state index >= 15 is 0 Å². The molecular formula is C21H23NO4. The summed E-state index contributed by atoms with van der Waals surface area (Å²) in [5.41, 5.74) is 1.13. The highest BCUT2D eigenvalue weighted by molar-refractivity contribution is 6.04. The summed E-state index contributed by atoms with van der Waals surface area (Å²) in [5.74, 6) is -0.562. The van der Waals surface area contributed by atoms with Crippen molar-refractivity contribution in [3.63, 3.8) is 0 Å². The molecule has 26 heavy (non-hydrogen) atoms. The Labute approximate surface area is 153 Å². The lowest BCUT2D eigenvalue weighted by Gasteiger charge is -2.36. The number of para-hydroxylation sites is 1. The molecule has 1 aliphatic heterocycles. The molecule has 5 heteroatoms. The Morgan fingerprint density at radius 3 is 2.38 bits per heavy atom. The van der Waals surface area contributed by atoms with E-state index in [-0.39, 0.29) is 12.5 Å². The number of hydrogen-bond donors (Lipinski definition) is 1. The molecule has 3 rings (SSSR count). The van der Waals surface area contributed by atoms with Gasteiger partial charge in [0, 0.05) is 13.2 Å². The average Bonchev–Trinajstić information content (AvgIpc) is 2.69. The summed E-state index contributed by atoms with van der Waals surface area (Å²) in [5, 5.41) is 2.96. The van der Waals surface area contributed by atoms with Gasteiger partial charge in [0.15, 0.2) is 0 Å². The summed E-state index contributed by atoms with van der Waals surface area (Å²) in [6.07, 6.45) is 1.20. The number of benzene rings is 2. The van der Waals surface area contributed by atoms with Crippen LogP contribution in [-0.4, -0.2) is 31.7 Å². The molecule has 0 bridgehead atoms. The summed E-state index contributed by atoms with van der Waals surface area (Å²) in [6.45, 7) is 3.10. The van der Waals surface area contributed by atoms with Gasteiger partial charge in [0.25, 0.3) is 0 Å². The van der Waals surface area contributed by atoms with Crippen molar-refractivity contribution in [2.24, 2.45) is 0 Å². The molecule has 0 aromatic heterocycles. The minimum atomic E-state index is -0.665. The molecule has 1 amide bonds. The number of carbonyl (C=O) groups excluding carboxylic acids is 2. The van der Waals surface area contributed by atoms with Crippen molar-refractivity contribution in [1.29, 1.82) is 0 Å². The molecule has 0 atom stereocenters. The van der Waals surface area contributed by atoms with Crippen molar-refractivity contribution < 1.29 is 19.1 Å². The quantitative estimate of drug-likeness (QED) is 0.835. The fourth-order valence-electron chi connectivity index (χ4n) is 3.34. The van der Waals surface area contributed by atoms with Gasteiger partial charge in [-0.05, 0) is 37.5 Å². The standard InChI is InChI=1S/C21H23NO4/c1-2-26-19(23)17-10-6-7-11-18(17)22-20(24)21(12-14-25-15-13-21)16-8-4-3-5-9-16/h3-11H,2,12-15H2,1H3,(H,22,24). The predicted molar refractivity (Wildman–Crippen MR) is 99.2 cm³/mol. The third-order valence-corrected chi connectivity index (χ3v) is 4.78. The molecule has 2 aromatic carbocycles. The molecule has 0 unspecified atom stereocenters. The number of carbonyl (C=O) groups is 2. The highest BCUT2D eigenvalue weighted by Crippen LogP contribution is 2.36. The Hall–Kier alpha value is -2.66. The van der Waals surface area contributed by atoms with Gasteiger partial charge in [-0.2, -0.15) is 0 Å². The fourth-order valence-corrected chi connectivity index (χ4v) is 3.34. The summed E-state index contributed by atoms with van der Waals surface area (Å²) in [4.78, 5) is 25.5. The molecule has 0 saturated carbocycles. The van der Waals surface area contributed by atoms with E-state index in [4.69, 9.17) is 9.47 Å². The third kappa shape index (κ3) is 3.63. The minimum Gasteiger partial charge on any atom is -0.462 e. The first-order chi connectivity index (χ1) is 12.7. The van der Waals surface area contributed by atoms with Gasteiger partial charge < -0.3 is 14.8 Å². The largest absolute Gasteiger partial charge is 0.462 e. The van der Waals surface area contributed by atoms with E-state index in [0.29, 0.717) is 37.3 Å². The second-order valence-corrected chi connectivity index (χ2v) is 6.28. The highest BCUT2D eigenvalue weighted by atomic mass is 16.5. The van der Waals surface area contributed by atoms with Gasteiger partial charge in [0.05, 0.1) is 23.3 Å². The summed E-state index contributed by atoms with van der Waals surface area (Å²) in [6, 6.07) is 16.7. The Morgan fingerprint density at radius 1 is 1.04 bits per heavy atom. The molecule has 136 valence electrons. The van der Waals surface area contributed by atoms with Gasteiger partial charge in [-0.1, -0.05) is 42.5 Å². The van der Waals surface area contributed by atoms with E-state index in [1.165, 1.54) is 0 Å². The van der Waals surface area contributed by atoms with Gasteiger partial charge in [-0.25, -0.2) is 4.79 Å². The lowest BCUT2D eigenvalue weighted by atomic mass is 9.73. The molecule has 0 radical (unpaired) electrons. The second-order valence-electron chi connectivity index (χ2n) is 6.28. The maximum Gasteiger partial charge on any atom is 0.340 e. The van der Waals surface area contributed by atoms with Crippen LogP contribution in [0.3, 0.4) is 0 Å². The first kappa shape index (κ1) is 18.1. The monoisotopic (exact) mass is 353 g/mol. The smallest absolute Gasteiger partial charge is 0.340 e. The number of rotatable bonds is 5. The van der Waals surface area contributed by atoms with Crippen LogP contribution >= 0.6 is 0 Å². The van der Waals surface area contributed by atoms with Crippen LogP contribution in [0, 0.1) is 0 Å². The van der Waals surface area contributed by atoms with Crippen molar-refractivity contribution in [2.75, 3.05) is 25.1 Å². The van der Waals surface area contributed by atoms with Crippen LogP contribution in [0.1, 0.15) is 35.7 Å². The highest BCUT2D eigenvalue weighted by Gasteiger charge is 2.41. The van der Waals surface area contributed by atoms with E-state index in [1.54, 1.807) is 31.2 Å². The van der Waals surface area contributed by atoms with Gasteiger partial charge >= 0.3 is 5.97 Å². The molecule has 0 spiro atoms. The topological polar surface area (TPSA) is 64.6 Å². The van der Waals surface area contributed by atoms with Gasteiger partial charge in [0.1, 0.15) is 0 Å². The SMILES string of the molecule is CCOC(=O)c1ccccc1NC(=O)C1(c2ccccc2)CCOCC1. The zero-order valence-corrected chi connectivity index (χ0v) is 14.9. The lowest BCUT2D eigenvalue weighted by Crippen LogP contribution is -2.45. The molecule has 1 saturated heterocycles. The van der Waals surface area contributed by atoms with Crippen LogP contribution in [0.25, 0.3) is 0 Å². The molecule has 2 aromatic rings. The Kier molecular flexibility index (Phi) is 5.68. The number of hydrogen-bond acceptors (Lipinski definition) is 4. The first-order valence-corrected chi connectivity index (χ1v) is 8.88. The minimum absolute atomic E-state index is 0.122. The van der Waals surface area contributed by atoms with E-state index in [2.05, 4.69) is 5.32 Å². The Morgan fingerprint density at radius 2 is 1.69 bits per heavy atom. The van der Waals surface area contributed by atoms with E-state index < -0.39 is 11.4 Å². The maximum atomic E-state index is 13.3. The average molecular weight is 353 g/mol. The van der Waals surface area contributed by atoms with Crippen molar-refractivity contribution in [3.8, 4) is 0 Å². The van der Waals surface area contributed by atoms with Gasteiger partial charge in [-0.15, -0.1) is 0 Å². The second kappa shape index (κ2) is 8.15. The molecule has 1 N–H and O–H groups in total. The van der Waals surface area contributed by atoms with E-state index in [9.17, 15) is 9.59 Å². The fraction of sp³-hybridized carbons (Fsp3) is 0.333. The van der Waals surface area contributed by atoms with Crippen molar-refractivity contribution >= 4 is 17.6 Å². The van der Waals surface area contributed by atoms with Gasteiger partial charge in [0.2, 0.25) is 5.91 Å². The number of ether oxygens (including phenoxy) is 2. The number of nitrogens with one attached hydrogen (secondary N) is 1. The van der Waals surface area contributed by atoms with Crippen LogP contribution < -0.4 is 5.32 Å². The van der Waals surface area contributed by atoms with Crippen LogP contribution in [-0.2, 0) is 19.7 Å². The van der Waals surface area contributed by atoms with Crippen molar-refractivity contribution in [1.82, 2.24) is 0 Å². The van der Waals surface area contributed by atoms with Crippen LogP contribution in [0.4, 0.5) is 5.69 Å². The Balaban J connectivity index is 1.91. The van der Waals surface area contributed by atoms with Crippen LogP contribution in [0.5, 0.6) is 0 Å². The normalized spacial score (nSPS) is 15.9. The number of esters is 1. The molecule has 5 nitrogen and oxygen atoms in total. The van der Waals surface area contributed by atoms with Crippen LogP contribution in [0.15, 0.2) is 54.6 Å². The summed E-state index contributed by atoms with van der Waals surface area (Å²) in [7, 11) is 0. The zero-order valence-electron chi connectivity index (χ0n) is 14.9. The molecular weight excluding hydrogens is 330 g/mol. The first-order valence-electron chi connectivity index (χ1n) is 8.88. The van der Waals surface area contributed by atoms with Crippen LogP contribution in [0.2, 0.25) is 0 Å². The third-order valence-electron chi connectivity index (χ3n) is 4.78. The molecule has 1 aliphatic rings. The van der Waals surface area contributed by atoms with Crippen molar-refractivity contribution in [2.45, 2.75) is 25.2 Å². The molecule has 1 heterocycles. The van der Waals surface area contributed by atoms with Crippen molar-refractivity contribution in [3.05, 3.63) is 65.7 Å². The number of anilines is 1.